The highest BCUT2D eigenvalue weighted by Crippen LogP contribution is 2.22. The van der Waals surface area contributed by atoms with E-state index in [9.17, 15) is 10.1 Å². The molecule has 1 aromatic heterocycles. The summed E-state index contributed by atoms with van der Waals surface area (Å²) in [5, 5.41) is 13.8. The van der Waals surface area contributed by atoms with Crippen molar-refractivity contribution in [3.63, 3.8) is 0 Å². The highest BCUT2D eigenvalue weighted by atomic mass is 16.6. The summed E-state index contributed by atoms with van der Waals surface area (Å²) in [6.45, 7) is 2.46. The molecule has 3 N–H and O–H groups in total. The molecule has 0 aliphatic carbocycles. The van der Waals surface area contributed by atoms with E-state index >= 15 is 0 Å². The first-order valence-electron chi connectivity index (χ1n) is 5.75. The predicted octanol–water partition coefficient (Wildman–Crippen LogP) is 2.49. The number of nitrogen functional groups attached to an aromatic ring is 1. The molecular weight excluding hydrogens is 244 g/mol. The van der Waals surface area contributed by atoms with E-state index in [4.69, 9.17) is 5.73 Å². The zero-order chi connectivity index (χ0) is 13.8. The maximum atomic E-state index is 10.7. The lowest BCUT2D eigenvalue weighted by Gasteiger charge is -2.08. The molecule has 98 valence electrons. The van der Waals surface area contributed by atoms with Crippen molar-refractivity contribution in [1.82, 2.24) is 4.98 Å². The first-order valence-corrected chi connectivity index (χ1v) is 5.75. The Morgan fingerprint density at radius 2 is 2.21 bits per heavy atom. The number of aryl methyl sites for hydroxylation is 1. The van der Waals surface area contributed by atoms with E-state index in [2.05, 4.69) is 10.3 Å². The summed E-state index contributed by atoms with van der Waals surface area (Å²) in [5.41, 5.74) is 8.53. The topological polar surface area (TPSA) is 94.1 Å². The highest BCUT2D eigenvalue weighted by molar-refractivity contribution is 5.61. The van der Waals surface area contributed by atoms with Crippen molar-refractivity contribution < 1.29 is 4.92 Å². The van der Waals surface area contributed by atoms with Gasteiger partial charge in [-0.2, -0.15) is 0 Å². The minimum atomic E-state index is -0.465. The second kappa shape index (κ2) is 5.34. The molecule has 0 fully saturated rings. The van der Waals surface area contributed by atoms with E-state index in [1.807, 2.05) is 19.1 Å². The van der Waals surface area contributed by atoms with E-state index in [1.165, 1.54) is 12.1 Å². The van der Waals surface area contributed by atoms with Crippen molar-refractivity contribution in [2.75, 3.05) is 11.1 Å². The fourth-order valence-electron chi connectivity index (χ4n) is 1.73. The highest BCUT2D eigenvalue weighted by Gasteiger charge is 2.08. The lowest BCUT2D eigenvalue weighted by Crippen LogP contribution is -2.04. The summed E-state index contributed by atoms with van der Waals surface area (Å²) in [6, 6.07) is 8.27. The normalized spacial score (nSPS) is 10.2. The second-order valence-electron chi connectivity index (χ2n) is 4.19. The lowest BCUT2D eigenvalue weighted by molar-refractivity contribution is -0.384. The van der Waals surface area contributed by atoms with Gasteiger partial charge < -0.3 is 11.1 Å². The summed E-state index contributed by atoms with van der Waals surface area (Å²) in [7, 11) is 0. The van der Waals surface area contributed by atoms with Gasteiger partial charge in [-0.05, 0) is 24.6 Å². The Morgan fingerprint density at radius 3 is 2.89 bits per heavy atom. The van der Waals surface area contributed by atoms with Crippen molar-refractivity contribution in [3.05, 3.63) is 57.9 Å². The van der Waals surface area contributed by atoms with Gasteiger partial charge in [-0.25, -0.2) is 0 Å². The van der Waals surface area contributed by atoms with Crippen LogP contribution in [0, 0.1) is 17.0 Å². The lowest BCUT2D eigenvalue weighted by atomic mass is 10.2. The van der Waals surface area contributed by atoms with E-state index in [-0.39, 0.29) is 5.69 Å². The molecule has 1 aromatic carbocycles. The first-order chi connectivity index (χ1) is 9.06. The van der Waals surface area contributed by atoms with Crippen LogP contribution < -0.4 is 11.1 Å². The Hall–Kier alpha value is -2.63. The van der Waals surface area contributed by atoms with Gasteiger partial charge in [0.1, 0.15) is 0 Å². The molecule has 0 saturated heterocycles. The SMILES string of the molecule is Cc1cccnc1CNc1cc(N)cc([N+](=O)[O-])c1. The summed E-state index contributed by atoms with van der Waals surface area (Å²) in [4.78, 5) is 14.5. The molecule has 6 heteroatoms. The number of hydrogen-bond donors (Lipinski definition) is 2. The van der Waals surface area contributed by atoms with Crippen LogP contribution in [0.2, 0.25) is 0 Å². The van der Waals surface area contributed by atoms with E-state index in [0.29, 0.717) is 17.9 Å². The molecule has 0 unspecified atom stereocenters. The largest absolute Gasteiger partial charge is 0.398 e. The van der Waals surface area contributed by atoms with Gasteiger partial charge in [-0.3, -0.25) is 15.1 Å². The molecule has 0 aliphatic heterocycles. The van der Waals surface area contributed by atoms with Gasteiger partial charge in [0.15, 0.2) is 0 Å². The zero-order valence-corrected chi connectivity index (χ0v) is 10.5. The molecule has 0 spiro atoms. The molecule has 6 nitrogen and oxygen atoms in total. The van der Waals surface area contributed by atoms with Gasteiger partial charge >= 0.3 is 0 Å². The number of nitrogens with one attached hydrogen (secondary N) is 1. The number of non-ortho nitro benzene ring substituents is 1. The Kier molecular flexibility index (Phi) is 3.61. The molecule has 0 aliphatic rings. The minimum absolute atomic E-state index is 0.0276. The van der Waals surface area contributed by atoms with Gasteiger partial charge in [0.2, 0.25) is 0 Å². The second-order valence-corrected chi connectivity index (χ2v) is 4.19. The van der Waals surface area contributed by atoms with Gasteiger partial charge in [0.25, 0.3) is 5.69 Å². The van der Waals surface area contributed by atoms with Crippen LogP contribution >= 0.6 is 0 Å². The number of benzene rings is 1. The van der Waals surface area contributed by atoms with Crippen LogP contribution in [-0.4, -0.2) is 9.91 Å². The number of nitro groups is 1. The van der Waals surface area contributed by atoms with Crippen molar-refractivity contribution >= 4 is 17.1 Å². The third-order valence-electron chi connectivity index (χ3n) is 2.73. The number of rotatable bonds is 4. The van der Waals surface area contributed by atoms with Crippen LogP contribution in [-0.2, 0) is 6.54 Å². The van der Waals surface area contributed by atoms with Crippen LogP contribution in [0.15, 0.2) is 36.5 Å². The van der Waals surface area contributed by atoms with E-state index in [1.54, 1.807) is 12.3 Å². The van der Waals surface area contributed by atoms with Gasteiger partial charge in [0, 0.05) is 29.7 Å². The number of aromatic nitrogens is 1. The average Bonchev–Trinajstić information content (AvgIpc) is 2.37. The number of hydrogen-bond acceptors (Lipinski definition) is 5. The van der Waals surface area contributed by atoms with Crippen LogP contribution in [0.25, 0.3) is 0 Å². The third kappa shape index (κ3) is 3.19. The smallest absolute Gasteiger partial charge is 0.273 e. The monoisotopic (exact) mass is 258 g/mol. The van der Waals surface area contributed by atoms with Crippen molar-refractivity contribution in [2.24, 2.45) is 0 Å². The zero-order valence-electron chi connectivity index (χ0n) is 10.5. The summed E-state index contributed by atoms with van der Waals surface area (Å²) >= 11 is 0. The fourth-order valence-corrected chi connectivity index (χ4v) is 1.73. The Bertz CT molecular complexity index is 613. The van der Waals surface area contributed by atoms with E-state index < -0.39 is 4.92 Å². The maximum absolute atomic E-state index is 10.7. The first kappa shape index (κ1) is 12.8. The molecular formula is C13H14N4O2. The molecule has 0 radical (unpaired) electrons. The van der Waals surface area contributed by atoms with Gasteiger partial charge in [-0.1, -0.05) is 6.07 Å². The van der Waals surface area contributed by atoms with Crippen LogP contribution in [0.4, 0.5) is 17.1 Å². The molecule has 1 heterocycles. The number of anilines is 2. The standard InChI is InChI=1S/C13H14N4O2/c1-9-3-2-4-15-13(9)8-16-11-5-10(14)6-12(7-11)17(18)19/h2-7,16H,8,14H2,1H3. The van der Waals surface area contributed by atoms with Crippen LogP contribution in [0.1, 0.15) is 11.3 Å². The number of pyridine rings is 1. The van der Waals surface area contributed by atoms with Crippen molar-refractivity contribution in [2.45, 2.75) is 13.5 Å². The number of nitrogens with two attached hydrogens (primary N) is 1. The Labute approximate surface area is 110 Å². The molecule has 0 bridgehead atoms. The Morgan fingerprint density at radius 1 is 1.42 bits per heavy atom. The molecule has 0 saturated carbocycles. The quantitative estimate of drug-likeness (QED) is 0.499. The van der Waals surface area contributed by atoms with Crippen LogP contribution in [0.3, 0.4) is 0 Å². The predicted molar refractivity (Wildman–Crippen MR) is 73.8 cm³/mol. The maximum Gasteiger partial charge on any atom is 0.273 e. The van der Waals surface area contributed by atoms with Crippen molar-refractivity contribution in [1.29, 1.82) is 0 Å². The summed E-state index contributed by atoms with van der Waals surface area (Å²) in [6.07, 6.45) is 1.71. The molecule has 2 aromatic rings. The minimum Gasteiger partial charge on any atom is -0.398 e. The molecule has 0 atom stereocenters. The fraction of sp³-hybridized carbons (Fsp3) is 0.154. The van der Waals surface area contributed by atoms with Gasteiger partial charge in [-0.15, -0.1) is 0 Å². The van der Waals surface area contributed by atoms with E-state index in [0.717, 1.165) is 11.3 Å². The van der Waals surface area contributed by atoms with Crippen LogP contribution in [0.5, 0.6) is 0 Å². The van der Waals surface area contributed by atoms with Crippen molar-refractivity contribution in [3.8, 4) is 0 Å². The number of nitrogens with zero attached hydrogens (tertiary/aromatic N) is 2. The molecule has 2 rings (SSSR count). The third-order valence-corrected chi connectivity index (χ3v) is 2.73. The summed E-state index contributed by atoms with van der Waals surface area (Å²) < 4.78 is 0. The number of nitro benzene ring substituents is 1. The molecule has 19 heavy (non-hydrogen) atoms. The summed E-state index contributed by atoms with van der Waals surface area (Å²) in [5.74, 6) is 0. The Balaban J connectivity index is 2.16. The molecule has 0 amide bonds. The average molecular weight is 258 g/mol. The van der Waals surface area contributed by atoms with Gasteiger partial charge in [0.05, 0.1) is 17.2 Å².